The molecule has 0 aliphatic carbocycles. The maximum Gasteiger partial charge on any atom is 0.212 e. The molecule has 0 amide bonds. The molecule has 7 heteroatoms. The van der Waals surface area contributed by atoms with E-state index < -0.39 is 9.84 Å². The Bertz CT molecular complexity index is 1070. The summed E-state index contributed by atoms with van der Waals surface area (Å²) in [5, 5.41) is 4.61. The van der Waals surface area contributed by atoms with E-state index in [1.165, 1.54) is 0 Å². The molecule has 6 nitrogen and oxygen atoms in total. The van der Waals surface area contributed by atoms with Crippen LogP contribution in [0.5, 0.6) is 0 Å². The Kier molecular flexibility index (Phi) is 5.35. The van der Waals surface area contributed by atoms with Gasteiger partial charge in [-0.2, -0.15) is 5.10 Å². The minimum absolute atomic E-state index is 0.224. The van der Waals surface area contributed by atoms with E-state index in [0.717, 1.165) is 29.9 Å². The van der Waals surface area contributed by atoms with E-state index in [1.54, 1.807) is 34.8 Å². The SMILES string of the molecule is CCc1nn2c(C)c(CCN(C)C)c(C)nc2c1S(=O)(=O)c1ccccc1. The molecule has 3 rings (SSSR count). The van der Waals surface area contributed by atoms with Crippen molar-refractivity contribution >= 4 is 15.5 Å². The second kappa shape index (κ2) is 7.40. The maximum atomic E-state index is 13.3. The summed E-state index contributed by atoms with van der Waals surface area (Å²) in [5.74, 6) is 0. The molecule has 0 aliphatic heterocycles. The van der Waals surface area contributed by atoms with Crippen molar-refractivity contribution < 1.29 is 8.42 Å². The van der Waals surface area contributed by atoms with Crippen LogP contribution < -0.4 is 0 Å². The zero-order valence-corrected chi connectivity index (χ0v) is 17.3. The molecule has 3 aromatic rings. The van der Waals surface area contributed by atoms with Crippen molar-refractivity contribution in [3.05, 3.63) is 53.0 Å². The molecule has 0 saturated carbocycles. The van der Waals surface area contributed by atoms with Gasteiger partial charge in [-0.3, -0.25) is 0 Å². The Balaban J connectivity index is 2.26. The van der Waals surface area contributed by atoms with Gasteiger partial charge in [0.05, 0.1) is 10.6 Å². The zero-order chi connectivity index (χ0) is 19.8. The number of benzene rings is 1. The molecule has 0 N–H and O–H groups in total. The van der Waals surface area contributed by atoms with Crippen LogP contribution >= 0.6 is 0 Å². The molecule has 2 heterocycles. The largest absolute Gasteiger partial charge is 0.309 e. The van der Waals surface area contributed by atoms with Gasteiger partial charge < -0.3 is 4.90 Å². The molecule has 0 radical (unpaired) electrons. The Morgan fingerprint density at radius 2 is 1.78 bits per heavy atom. The number of nitrogens with zero attached hydrogens (tertiary/aromatic N) is 4. The third-order valence-corrected chi connectivity index (χ3v) is 6.67. The molecule has 0 fully saturated rings. The maximum absolute atomic E-state index is 13.3. The van der Waals surface area contributed by atoms with Crippen molar-refractivity contribution in [3.63, 3.8) is 0 Å². The smallest absolute Gasteiger partial charge is 0.212 e. The first-order valence-electron chi connectivity index (χ1n) is 9.10. The Morgan fingerprint density at radius 3 is 2.37 bits per heavy atom. The number of fused-ring (bicyclic) bond motifs is 1. The van der Waals surface area contributed by atoms with Gasteiger partial charge in [0.1, 0.15) is 4.90 Å². The highest BCUT2D eigenvalue weighted by atomic mass is 32.2. The summed E-state index contributed by atoms with van der Waals surface area (Å²) in [5.41, 5.74) is 3.89. The summed E-state index contributed by atoms with van der Waals surface area (Å²) in [6.07, 6.45) is 1.37. The van der Waals surface area contributed by atoms with Crippen LogP contribution in [0.2, 0.25) is 0 Å². The Morgan fingerprint density at radius 1 is 1.11 bits per heavy atom. The number of hydrogen-bond acceptors (Lipinski definition) is 5. The first-order chi connectivity index (χ1) is 12.8. The lowest BCUT2D eigenvalue weighted by molar-refractivity contribution is 0.412. The second-order valence-corrected chi connectivity index (χ2v) is 8.88. The summed E-state index contributed by atoms with van der Waals surface area (Å²) in [7, 11) is 0.373. The number of likely N-dealkylation sites (N-methyl/N-ethyl adjacent to an activating group) is 1. The minimum Gasteiger partial charge on any atom is -0.309 e. The monoisotopic (exact) mass is 386 g/mol. The first-order valence-corrected chi connectivity index (χ1v) is 10.6. The van der Waals surface area contributed by atoms with Gasteiger partial charge in [0.15, 0.2) is 5.65 Å². The van der Waals surface area contributed by atoms with E-state index in [4.69, 9.17) is 0 Å². The number of sulfone groups is 1. The van der Waals surface area contributed by atoms with E-state index in [-0.39, 0.29) is 9.79 Å². The third-order valence-electron chi connectivity index (χ3n) is 4.82. The van der Waals surface area contributed by atoms with E-state index >= 15 is 0 Å². The highest BCUT2D eigenvalue weighted by molar-refractivity contribution is 7.91. The molecule has 0 unspecified atom stereocenters. The van der Waals surface area contributed by atoms with Gasteiger partial charge in [-0.05, 0) is 58.5 Å². The molecule has 0 saturated heterocycles. The minimum atomic E-state index is -3.69. The van der Waals surface area contributed by atoms with Crippen LogP contribution in [0.4, 0.5) is 0 Å². The van der Waals surface area contributed by atoms with Crippen molar-refractivity contribution in [1.29, 1.82) is 0 Å². The van der Waals surface area contributed by atoms with Crippen LogP contribution in [0.15, 0.2) is 40.1 Å². The lowest BCUT2D eigenvalue weighted by Crippen LogP contribution is -2.17. The number of aryl methyl sites for hydroxylation is 3. The Labute approximate surface area is 160 Å². The predicted octanol–water partition coefficient (Wildman–Crippen LogP) is 2.85. The fourth-order valence-corrected chi connectivity index (χ4v) is 4.93. The van der Waals surface area contributed by atoms with Gasteiger partial charge in [-0.15, -0.1) is 0 Å². The molecule has 144 valence electrons. The average molecular weight is 387 g/mol. The second-order valence-electron chi connectivity index (χ2n) is 7.00. The van der Waals surface area contributed by atoms with E-state index in [1.807, 2.05) is 34.9 Å². The summed E-state index contributed by atoms with van der Waals surface area (Å²) in [4.78, 5) is 7.29. The highest BCUT2D eigenvalue weighted by Crippen LogP contribution is 2.29. The van der Waals surface area contributed by atoms with Gasteiger partial charge >= 0.3 is 0 Å². The van der Waals surface area contributed by atoms with Crippen LogP contribution in [0, 0.1) is 13.8 Å². The van der Waals surface area contributed by atoms with Crippen LogP contribution in [0.25, 0.3) is 5.65 Å². The van der Waals surface area contributed by atoms with Crippen LogP contribution in [-0.2, 0) is 22.7 Å². The van der Waals surface area contributed by atoms with Gasteiger partial charge in [0.2, 0.25) is 9.84 Å². The van der Waals surface area contributed by atoms with Crippen molar-refractivity contribution in [2.75, 3.05) is 20.6 Å². The predicted molar refractivity (Wildman–Crippen MR) is 106 cm³/mol. The number of aromatic nitrogens is 3. The van der Waals surface area contributed by atoms with E-state index in [2.05, 4.69) is 15.0 Å². The summed E-state index contributed by atoms with van der Waals surface area (Å²) < 4.78 is 28.3. The molecular weight excluding hydrogens is 360 g/mol. The van der Waals surface area contributed by atoms with Crippen molar-refractivity contribution in [2.24, 2.45) is 0 Å². The fraction of sp³-hybridized carbons (Fsp3) is 0.400. The lowest BCUT2D eigenvalue weighted by atomic mass is 10.1. The molecule has 0 bridgehead atoms. The van der Waals surface area contributed by atoms with E-state index in [0.29, 0.717) is 17.8 Å². The topological polar surface area (TPSA) is 67.6 Å². The quantitative estimate of drug-likeness (QED) is 0.652. The molecule has 0 atom stereocenters. The van der Waals surface area contributed by atoms with Gasteiger partial charge in [0, 0.05) is 17.9 Å². The van der Waals surface area contributed by atoms with Gasteiger partial charge in [0.25, 0.3) is 0 Å². The molecule has 1 aromatic carbocycles. The number of hydrogen-bond donors (Lipinski definition) is 0. The lowest BCUT2D eigenvalue weighted by Gasteiger charge is -2.14. The molecule has 0 spiro atoms. The summed E-state index contributed by atoms with van der Waals surface area (Å²) in [6.45, 7) is 6.74. The van der Waals surface area contributed by atoms with Gasteiger partial charge in [-0.1, -0.05) is 25.1 Å². The van der Waals surface area contributed by atoms with Crippen LogP contribution in [0.1, 0.15) is 29.6 Å². The normalized spacial score (nSPS) is 12.2. The van der Waals surface area contributed by atoms with E-state index in [9.17, 15) is 8.42 Å². The zero-order valence-electron chi connectivity index (χ0n) is 16.5. The summed E-state index contributed by atoms with van der Waals surface area (Å²) in [6, 6.07) is 8.49. The van der Waals surface area contributed by atoms with Crippen molar-refractivity contribution in [1.82, 2.24) is 19.5 Å². The number of rotatable bonds is 6. The van der Waals surface area contributed by atoms with Crippen molar-refractivity contribution in [2.45, 2.75) is 43.4 Å². The molecular formula is C20H26N4O2S. The molecule has 27 heavy (non-hydrogen) atoms. The summed E-state index contributed by atoms with van der Waals surface area (Å²) >= 11 is 0. The average Bonchev–Trinajstić information content (AvgIpc) is 3.01. The van der Waals surface area contributed by atoms with Crippen LogP contribution in [-0.4, -0.2) is 48.6 Å². The highest BCUT2D eigenvalue weighted by Gasteiger charge is 2.29. The standard InChI is InChI=1S/C20H26N4O2S/c1-6-18-19(27(25,26)16-10-8-7-9-11-16)20-21-14(2)17(12-13-23(4)5)15(3)24(20)22-18/h7-11H,6,12-13H2,1-5H3. The van der Waals surface area contributed by atoms with Crippen molar-refractivity contribution in [3.8, 4) is 0 Å². The molecule has 2 aromatic heterocycles. The van der Waals surface area contributed by atoms with Gasteiger partial charge in [-0.25, -0.2) is 17.9 Å². The van der Waals surface area contributed by atoms with Crippen LogP contribution in [0.3, 0.4) is 0 Å². The fourth-order valence-electron chi connectivity index (χ4n) is 3.31. The first kappa shape index (κ1) is 19.5. The molecule has 0 aliphatic rings. The third kappa shape index (κ3) is 3.49. The Hall–Kier alpha value is -2.25.